The van der Waals surface area contributed by atoms with Crippen LogP contribution in [-0.4, -0.2) is 15.1 Å². The average molecular weight is 348 g/mol. The lowest BCUT2D eigenvalue weighted by atomic mass is 10.1. The second-order valence-corrected chi connectivity index (χ2v) is 6.57. The van der Waals surface area contributed by atoms with Crippen molar-refractivity contribution in [1.29, 1.82) is 0 Å². The van der Waals surface area contributed by atoms with Crippen LogP contribution in [0.15, 0.2) is 18.2 Å². The molecule has 2 rings (SSSR count). The Hall–Kier alpha value is -0.365. The number of benzene rings is 1. The number of carbonyl (C=O) groups is 1. The molecule has 3 nitrogen and oxygen atoms in total. The van der Waals surface area contributed by atoms with Gasteiger partial charge in [0.15, 0.2) is 0 Å². The highest BCUT2D eigenvalue weighted by Gasteiger charge is 2.22. The maximum atomic E-state index is 10.5. The highest BCUT2D eigenvalue weighted by molar-refractivity contribution is 14.1. The van der Waals surface area contributed by atoms with Crippen LogP contribution >= 0.6 is 34.0 Å². The zero-order chi connectivity index (χ0) is 11.5. The molecule has 0 saturated heterocycles. The van der Waals surface area contributed by atoms with Gasteiger partial charge in [-0.15, -0.1) is 11.6 Å². The van der Waals surface area contributed by atoms with Gasteiger partial charge in [0.25, 0.3) is 0 Å². The summed E-state index contributed by atoms with van der Waals surface area (Å²) < 4.78 is 5.82. The summed E-state index contributed by atoms with van der Waals surface area (Å²) in [6, 6.07) is 5.94. The molecule has 1 heterocycles. The Labute approximate surface area is 112 Å². The number of aryl methyl sites for hydroxylation is 1. The van der Waals surface area contributed by atoms with E-state index in [1.807, 2.05) is 18.2 Å². The Bertz CT molecular complexity index is 413. The lowest BCUT2D eigenvalue weighted by molar-refractivity contribution is -0.136. The van der Waals surface area contributed by atoms with Crippen molar-refractivity contribution < 1.29 is 14.6 Å². The summed E-state index contributed by atoms with van der Waals surface area (Å²) in [5.41, 5.74) is 2.23. The minimum absolute atomic E-state index is 0.176. The maximum absolute atomic E-state index is 10.5. The first-order valence-electron chi connectivity index (χ1n) is 4.91. The molecule has 1 aliphatic rings. The van der Waals surface area contributed by atoms with E-state index < -0.39 is 5.97 Å². The molecule has 1 aliphatic heterocycles. The summed E-state index contributed by atoms with van der Waals surface area (Å²) in [5.74, 6) is 1.11. The molecule has 6 heteroatoms. The Morgan fingerprint density at radius 1 is 1.62 bits per heavy atom. The molecule has 1 aromatic carbocycles. The summed E-state index contributed by atoms with van der Waals surface area (Å²) in [5, 5.41) is 8.62. The second kappa shape index (κ2) is 5.31. The predicted molar refractivity (Wildman–Crippen MR) is 74.1 cm³/mol. The van der Waals surface area contributed by atoms with Gasteiger partial charge in [0, 0.05) is 17.7 Å². The molecule has 0 saturated carbocycles. The molecule has 0 fully saturated rings. The highest BCUT2D eigenvalue weighted by Crippen LogP contribution is 2.34. The van der Waals surface area contributed by atoms with Crippen molar-refractivity contribution in [2.24, 2.45) is 0 Å². The normalized spacial score (nSPS) is 14.2. The summed E-state index contributed by atoms with van der Waals surface area (Å²) in [6.07, 6.45) is 0.767. The first-order chi connectivity index (χ1) is 7.65. The van der Waals surface area contributed by atoms with E-state index in [2.05, 4.69) is 22.4 Å². The fourth-order valence-corrected chi connectivity index (χ4v) is 3.08. The van der Waals surface area contributed by atoms with Crippen molar-refractivity contribution in [3.63, 3.8) is 0 Å². The van der Waals surface area contributed by atoms with Gasteiger partial charge in [0.2, 0.25) is 0 Å². The van der Waals surface area contributed by atoms with Crippen molar-refractivity contribution in [1.82, 2.24) is 0 Å². The fraction of sp³-hybridized carbons (Fsp3) is 0.300. The van der Waals surface area contributed by atoms with Gasteiger partial charge in [0.1, 0.15) is 5.75 Å². The molecule has 0 aromatic heterocycles. The Morgan fingerprint density at radius 2 is 2.44 bits per heavy atom. The van der Waals surface area contributed by atoms with Crippen LogP contribution in [0, 0.1) is 0 Å². The number of halogens is 1. The molecular formula is C10H10BIO3S. The standard InChI is InChI=1S/C10H10BIO3S/c12-11-15-9-3-1-7(2-4-10(13)14)5-8(9)6-16-11/h1,3,5H,2,4,6H2,(H,13,14). The van der Waals surface area contributed by atoms with E-state index in [-0.39, 0.29) is 10.5 Å². The third-order valence-electron chi connectivity index (χ3n) is 2.34. The van der Waals surface area contributed by atoms with Gasteiger partial charge in [-0.05, 0) is 18.1 Å². The number of carboxylic acids is 1. The van der Waals surface area contributed by atoms with Gasteiger partial charge in [-0.1, -0.05) is 34.5 Å². The Morgan fingerprint density at radius 3 is 3.19 bits per heavy atom. The van der Waals surface area contributed by atoms with Gasteiger partial charge < -0.3 is 9.76 Å². The quantitative estimate of drug-likeness (QED) is 0.674. The molecule has 16 heavy (non-hydrogen) atoms. The van der Waals surface area contributed by atoms with Crippen LogP contribution < -0.4 is 4.65 Å². The summed E-state index contributed by atoms with van der Waals surface area (Å²) >= 11 is 3.99. The first kappa shape index (κ1) is 12.1. The molecule has 0 amide bonds. The SMILES string of the molecule is O=C(O)CCc1ccc2c(c1)CSB(I)O2. The summed E-state index contributed by atoms with van der Waals surface area (Å²) in [6.45, 7) is 0. The van der Waals surface area contributed by atoms with Crippen LogP contribution in [0.4, 0.5) is 0 Å². The van der Waals surface area contributed by atoms with Gasteiger partial charge in [0.05, 0.1) is 0 Å². The number of hydrogen-bond acceptors (Lipinski definition) is 3. The summed E-state index contributed by atoms with van der Waals surface area (Å²) in [7, 11) is 0. The maximum Gasteiger partial charge on any atom is 0.500 e. The van der Waals surface area contributed by atoms with E-state index in [0.717, 1.165) is 17.1 Å². The molecule has 1 aromatic rings. The summed E-state index contributed by atoms with van der Waals surface area (Å²) in [4.78, 5) is 10.5. The molecule has 0 spiro atoms. The number of aliphatic carboxylic acids is 1. The van der Waals surface area contributed by atoms with E-state index in [1.54, 1.807) is 11.6 Å². The second-order valence-electron chi connectivity index (χ2n) is 3.54. The Balaban J connectivity index is 2.10. The van der Waals surface area contributed by atoms with Crippen LogP contribution in [0.1, 0.15) is 17.5 Å². The van der Waals surface area contributed by atoms with Crippen LogP contribution in [0.2, 0.25) is 0 Å². The van der Waals surface area contributed by atoms with E-state index >= 15 is 0 Å². The zero-order valence-electron chi connectivity index (χ0n) is 8.48. The first-order valence-corrected chi connectivity index (χ1v) is 7.20. The van der Waals surface area contributed by atoms with Crippen LogP contribution in [-0.2, 0) is 17.0 Å². The third-order valence-corrected chi connectivity index (χ3v) is 4.51. The Kier molecular flexibility index (Phi) is 4.02. The van der Waals surface area contributed by atoms with Crippen molar-refractivity contribution in [3.8, 4) is 5.75 Å². The molecular weight excluding hydrogens is 338 g/mol. The lowest BCUT2D eigenvalue weighted by Gasteiger charge is -2.20. The van der Waals surface area contributed by atoms with E-state index in [1.165, 1.54) is 5.56 Å². The minimum atomic E-state index is -0.754. The van der Waals surface area contributed by atoms with Crippen LogP contribution in [0.25, 0.3) is 0 Å². The van der Waals surface area contributed by atoms with Gasteiger partial charge in [-0.25, -0.2) is 0 Å². The molecule has 0 bridgehead atoms. The minimum Gasteiger partial charge on any atom is -0.542 e. The van der Waals surface area contributed by atoms with Crippen LogP contribution in [0.5, 0.6) is 5.75 Å². The predicted octanol–water partition coefficient (Wildman–Crippen LogP) is 2.75. The average Bonchev–Trinajstić information content (AvgIpc) is 2.26. The van der Waals surface area contributed by atoms with Gasteiger partial charge in [-0.2, -0.15) is 0 Å². The monoisotopic (exact) mass is 348 g/mol. The number of hydrogen-bond donors (Lipinski definition) is 1. The van der Waals surface area contributed by atoms with Crippen molar-refractivity contribution >= 4 is 44.0 Å². The lowest BCUT2D eigenvalue weighted by Crippen LogP contribution is -2.15. The molecule has 1 N–H and O–H groups in total. The fourth-order valence-electron chi connectivity index (χ4n) is 1.56. The molecule has 0 radical (unpaired) electrons. The largest absolute Gasteiger partial charge is 0.542 e. The van der Waals surface area contributed by atoms with Gasteiger partial charge in [-0.3, -0.25) is 4.79 Å². The zero-order valence-corrected chi connectivity index (χ0v) is 11.5. The smallest absolute Gasteiger partial charge is 0.500 e. The number of rotatable bonds is 3. The number of carboxylic acid groups (broad SMARTS) is 1. The highest BCUT2D eigenvalue weighted by atomic mass is 127. The van der Waals surface area contributed by atoms with Crippen molar-refractivity contribution in [2.75, 3.05) is 0 Å². The molecule has 0 aliphatic carbocycles. The van der Waals surface area contributed by atoms with E-state index in [4.69, 9.17) is 9.76 Å². The van der Waals surface area contributed by atoms with E-state index in [9.17, 15) is 4.79 Å². The topological polar surface area (TPSA) is 46.5 Å². The van der Waals surface area contributed by atoms with Crippen molar-refractivity contribution in [3.05, 3.63) is 29.3 Å². The molecule has 0 unspecified atom stereocenters. The van der Waals surface area contributed by atoms with Gasteiger partial charge >= 0.3 is 10.0 Å². The number of fused-ring (bicyclic) bond motifs is 1. The van der Waals surface area contributed by atoms with Crippen molar-refractivity contribution in [2.45, 2.75) is 18.6 Å². The molecule has 0 atom stereocenters. The third kappa shape index (κ3) is 3.07. The van der Waals surface area contributed by atoms with E-state index in [0.29, 0.717) is 6.42 Å². The molecule has 84 valence electrons. The van der Waals surface area contributed by atoms with Crippen LogP contribution in [0.3, 0.4) is 0 Å².